The monoisotopic (exact) mass is 388 g/mol. The van der Waals surface area contributed by atoms with Crippen LogP contribution in [0, 0.1) is 0 Å². The minimum atomic E-state index is -0.227. The summed E-state index contributed by atoms with van der Waals surface area (Å²) in [5.74, 6) is -0.411. The smallest absolute Gasteiger partial charge is 0.261 e. The molecule has 4 rings (SSSR count). The normalized spacial score (nSPS) is 12.8. The maximum Gasteiger partial charge on any atom is 0.261 e. The summed E-state index contributed by atoms with van der Waals surface area (Å²) in [7, 11) is 0. The molecule has 0 fully saturated rings. The lowest BCUT2D eigenvalue weighted by Crippen LogP contribution is -2.30. The Balaban J connectivity index is 1.32. The third-order valence-corrected chi connectivity index (χ3v) is 4.60. The molecule has 0 saturated carbocycles. The average molecular weight is 388 g/mol. The van der Waals surface area contributed by atoms with Crippen molar-refractivity contribution >= 4 is 17.8 Å². The first-order valence-corrected chi connectivity index (χ1v) is 9.03. The van der Waals surface area contributed by atoms with Crippen molar-refractivity contribution < 1.29 is 9.59 Å². The molecular formula is C19H16N8O2. The fourth-order valence-corrected chi connectivity index (χ4v) is 3.20. The van der Waals surface area contributed by atoms with E-state index in [0.717, 1.165) is 6.42 Å². The van der Waals surface area contributed by atoms with Crippen LogP contribution in [-0.2, 0) is 6.54 Å². The molecule has 0 aliphatic carbocycles. The number of unbranched alkanes of at least 4 members (excludes halogenated alkanes) is 1. The first-order chi connectivity index (χ1) is 14.2. The highest BCUT2D eigenvalue weighted by Gasteiger charge is 2.34. The van der Waals surface area contributed by atoms with E-state index in [-0.39, 0.29) is 17.8 Å². The van der Waals surface area contributed by atoms with Gasteiger partial charge in [-0.3, -0.25) is 14.5 Å². The summed E-state index contributed by atoms with van der Waals surface area (Å²) in [6.07, 6.45) is 6.49. The first-order valence-electron chi connectivity index (χ1n) is 9.03. The fourth-order valence-electron chi connectivity index (χ4n) is 3.20. The number of hydrogen-bond donors (Lipinski definition) is 0. The number of imidazole rings is 1. The van der Waals surface area contributed by atoms with Crippen LogP contribution in [0.2, 0.25) is 0 Å². The van der Waals surface area contributed by atoms with Crippen molar-refractivity contribution in [1.29, 1.82) is 0 Å². The summed E-state index contributed by atoms with van der Waals surface area (Å²) >= 11 is 0. The molecule has 0 unspecified atom stereocenters. The SMILES string of the molecule is [N-]=[N+]=Nc1nccc(-c2cn(CCCCN3C(=O)c4ccccc4C3=O)cn2)n1. The second kappa shape index (κ2) is 7.91. The Morgan fingerprint density at radius 3 is 2.41 bits per heavy atom. The van der Waals surface area contributed by atoms with Gasteiger partial charge in [0.05, 0.1) is 23.1 Å². The van der Waals surface area contributed by atoms with Crippen LogP contribution in [0.4, 0.5) is 5.95 Å². The van der Waals surface area contributed by atoms with E-state index in [4.69, 9.17) is 5.53 Å². The van der Waals surface area contributed by atoms with Crippen LogP contribution in [-0.4, -0.2) is 42.8 Å². The van der Waals surface area contributed by atoms with Crippen molar-refractivity contribution in [3.63, 3.8) is 0 Å². The molecule has 0 N–H and O–H groups in total. The van der Waals surface area contributed by atoms with Gasteiger partial charge in [0.2, 0.25) is 5.95 Å². The summed E-state index contributed by atoms with van der Waals surface area (Å²) in [5.41, 5.74) is 10.6. The lowest BCUT2D eigenvalue weighted by Gasteiger charge is -2.13. The van der Waals surface area contributed by atoms with Crippen LogP contribution in [0.3, 0.4) is 0 Å². The molecule has 0 saturated heterocycles. The highest BCUT2D eigenvalue weighted by atomic mass is 16.2. The fraction of sp³-hybridized carbons (Fsp3) is 0.211. The van der Waals surface area contributed by atoms with Crippen molar-refractivity contribution in [3.8, 4) is 11.4 Å². The molecule has 29 heavy (non-hydrogen) atoms. The molecule has 10 heteroatoms. The predicted octanol–water partition coefficient (Wildman–Crippen LogP) is 3.36. The predicted molar refractivity (Wildman–Crippen MR) is 103 cm³/mol. The molecule has 144 valence electrons. The van der Waals surface area contributed by atoms with Crippen molar-refractivity contribution in [2.24, 2.45) is 5.11 Å². The van der Waals surface area contributed by atoms with Crippen molar-refractivity contribution in [2.75, 3.05) is 6.54 Å². The number of imide groups is 1. The molecule has 1 aliphatic rings. The van der Waals surface area contributed by atoms with Gasteiger partial charge < -0.3 is 4.57 Å². The van der Waals surface area contributed by atoms with Crippen LogP contribution in [0.25, 0.3) is 21.8 Å². The van der Waals surface area contributed by atoms with E-state index < -0.39 is 0 Å². The van der Waals surface area contributed by atoms with Crippen molar-refractivity contribution in [3.05, 3.63) is 70.6 Å². The molecule has 0 radical (unpaired) electrons. The van der Waals surface area contributed by atoms with Gasteiger partial charge in [0.1, 0.15) is 5.69 Å². The van der Waals surface area contributed by atoms with Gasteiger partial charge in [0, 0.05) is 30.4 Å². The number of aromatic nitrogens is 4. The Kier molecular flexibility index (Phi) is 5.00. The Hall–Kier alpha value is -4.04. The molecule has 1 aliphatic heterocycles. The number of aryl methyl sites for hydroxylation is 1. The van der Waals surface area contributed by atoms with Crippen LogP contribution in [0.1, 0.15) is 33.6 Å². The van der Waals surface area contributed by atoms with E-state index in [2.05, 4.69) is 25.0 Å². The molecule has 3 heterocycles. The quantitative estimate of drug-likeness (QED) is 0.201. The molecule has 0 atom stereocenters. The van der Waals surface area contributed by atoms with Gasteiger partial charge in [0.15, 0.2) is 0 Å². The molecule has 3 aromatic rings. The summed E-state index contributed by atoms with van der Waals surface area (Å²) in [6, 6.07) is 8.58. The lowest BCUT2D eigenvalue weighted by molar-refractivity contribution is 0.0651. The highest BCUT2D eigenvalue weighted by Crippen LogP contribution is 2.23. The Bertz CT molecular complexity index is 1100. The van der Waals surface area contributed by atoms with Crippen LogP contribution >= 0.6 is 0 Å². The molecule has 1 aromatic carbocycles. The second-order valence-electron chi connectivity index (χ2n) is 6.44. The minimum Gasteiger partial charge on any atom is -0.337 e. The molecule has 0 spiro atoms. The first kappa shape index (κ1) is 18.3. The number of carbonyl (C=O) groups excluding carboxylic acids is 2. The van der Waals surface area contributed by atoms with Crippen LogP contribution in [0.15, 0.2) is 54.2 Å². The lowest BCUT2D eigenvalue weighted by atomic mass is 10.1. The number of azide groups is 1. The average Bonchev–Trinajstić information content (AvgIpc) is 3.31. The van der Waals surface area contributed by atoms with Gasteiger partial charge in [-0.25, -0.2) is 15.0 Å². The zero-order valence-corrected chi connectivity index (χ0v) is 15.3. The van der Waals surface area contributed by atoms with Gasteiger partial charge >= 0.3 is 0 Å². The van der Waals surface area contributed by atoms with Crippen molar-refractivity contribution in [2.45, 2.75) is 19.4 Å². The number of nitrogens with zero attached hydrogens (tertiary/aromatic N) is 8. The van der Waals surface area contributed by atoms with E-state index in [1.165, 1.54) is 11.1 Å². The number of benzene rings is 1. The maximum atomic E-state index is 12.4. The van der Waals surface area contributed by atoms with Crippen LogP contribution < -0.4 is 0 Å². The topological polar surface area (TPSA) is 130 Å². The number of amides is 2. The van der Waals surface area contributed by atoms with Gasteiger partial charge in [-0.1, -0.05) is 12.1 Å². The number of carbonyl (C=O) groups is 2. The largest absolute Gasteiger partial charge is 0.337 e. The van der Waals surface area contributed by atoms with E-state index in [0.29, 0.717) is 42.0 Å². The summed E-state index contributed by atoms with van der Waals surface area (Å²) in [4.78, 5) is 41.0. The van der Waals surface area contributed by atoms with Crippen LogP contribution in [0.5, 0.6) is 0 Å². The third kappa shape index (κ3) is 3.69. The van der Waals surface area contributed by atoms with E-state index in [1.807, 2.05) is 10.8 Å². The minimum absolute atomic E-state index is 0.0421. The molecular weight excluding hydrogens is 372 g/mol. The standard InChI is InChI=1S/C19H16N8O2/c20-25-24-19-21-8-7-15(23-19)16-11-26(12-22-16)9-3-4-10-27-17(28)13-5-1-2-6-14(13)18(27)29/h1-2,5-8,11-12H,3-4,9-10H2. The van der Waals surface area contributed by atoms with E-state index in [9.17, 15) is 9.59 Å². The second-order valence-corrected chi connectivity index (χ2v) is 6.44. The third-order valence-electron chi connectivity index (χ3n) is 4.60. The number of hydrogen-bond acceptors (Lipinski definition) is 6. The number of fused-ring (bicyclic) bond motifs is 1. The maximum absolute atomic E-state index is 12.4. The Morgan fingerprint density at radius 2 is 1.69 bits per heavy atom. The van der Waals surface area contributed by atoms with Gasteiger partial charge in [-0.2, -0.15) is 0 Å². The Labute approximate surface area is 165 Å². The van der Waals surface area contributed by atoms with Gasteiger partial charge in [-0.05, 0) is 41.7 Å². The molecule has 2 amide bonds. The van der Waals surface area contributed by atoms with Crippen molar-refractivity contribution in [1.82, 2.24) is 24.4 Å². The molecule has 2 aromatic heterocycles. The number of rotatable bonds is 7. The highest BCUT2D eigenvalue weighted by molar-refractivity contribution is 6.21. The zero-order valence-electron chi connectivity index (χ0n) is 15.3. The Morgan fingerprint density at radius 1 is 0.966 bits per heavy atom. The van der Waals surface area contributed by atoms with E-state index >= 15 is 0 Å². The summed E-state index contributed by atoms with van der Waals surface area (Å²) < 4.78 is 1.91. The van der Waals surface area contributed by atoms with Gasteiger partial charge in [-0.15, -0.1) is 0 Å². The molecule has 10 nitrogen and oxygen atoms in total. The van der Waals surface area contributed by atoms with E-state index in [1.54, 1.807) is 36.7 Å². The summed E-state index contributed by atoms with van der Waals surface area (Å²) in [6.45, 7) is 1.07. The molecule has 0 bridgehead atoms. The zero-order chi connectivity index (χ0) is 20.2. The van der Waals surface area contributed by atoms with Gasteiger partial charge in [0.25, 0.3) is 11.8 Å². The summed E-state index contributed by atoms with van der Waals surface area (Å²) in [5, 5.41) is 3.39.